The molecule has 9 heteroatoms. The Morgan fingerprint density at radius 1 is 0.446 bits per heavy atom. The van der Waals surface area contributed by atoms with Gasteiger partial charge in [-0.25, -0.2) is 4.57 Å². The Kier molecular flexibility index (Phi) is 55.9. The molecule has 0 aliphatic heterocycles. The van der Waals surface area contributed by atoms with E-state index in [2.05, 4.69) is 31.3 Å². The van der Waals surface area contributed by atoms with Gasteiger partial charge in [0.2, 0.25) is 5.91 Å². The predicted octanol–water partition coefficient (Wildman–Crippen LogP) is 20.3. The molecule has 440 valence electrons. The van der Waals surface area contributed by atoms with Crippen LogP contribution in [0.15, 0.2) is 24.3 Å². The van der Waals surface area contributed by atoms with Crippen molar-refractivity contribution in [3.8, 4) is 0 Å². The number of nitrogens with one attached hydrogen (secondary N) is 1. The summed E-state index contributed by atoms with van der Waals surface area (Å²) in [6, 6.07) is -0.846. The van der Waals surface area contributed by atoms with E-state index in [1.807, 2.05) is 27.2 Å². The number of amides is 1. The number of carbonyl (C=O) groups is 1. The minimum atomic E-state index is -4.35. The molecule has 0 radical (unpaired) electrons. The van der Waals surface area contributed by atoms with Crippen LogP contribution >= 0.6 is 7.82 Å². The molecule has 0 aromatic carbocycles. The van der Waals surface area contributed by atoms with Gasteiger partial charge in [-0.2, -0.15) is 0 Å². The number of aliphatic hydroxyl groups is 1. The molecule has 0 aliphatic carbocycles. The number of carbonyl (C=O) groups excluding carboxylic acids is 1. The topological polar surface area (TPSA) is 105 Å². The van der Waals surface area contributed by atoms with Gasteiger partial charge in [-0.3, -0.25) is 13.8 Å². The van der Waals surface area contributed by atoms with E-state index < -0.39 is 20.0 Å². The average Bonchev–Trinajstić information content (AvgIpc) is 3.36. The Balaban J connectivity index is 4.11. The van der Waals surface area contributed by atoms with Crippen LogP contribution in [0.25, 0.3) is 0 Å². The maximum Gasteiger partial charge on any atom is 0.472 e. The van der Waals surface area contributed by atoms with Crippen LogP contribution in [0.1, 0.15) is 335 Å². The lowest BCUT2D eigenvalue weighted by Gasteiger charge is -2.25. The third-order valence-corrected chi connectivity index (χ3v) is 16.1. The van der Waals surface area contributed by atoms with E-state index in [-0.39, 0.29) is 19.1 Å². The normalized spacial score (nSPS) is 13.9. The second-order valence-electron chi connectivity index (χ2n) is 23.8. The highest BCUT2D eigenvalue weighted by atomic mass is 31.2. The summed E-state index contributed by atoms with van der Waals surface area (Å²) in [5.41, 5.74) is 0. The average molecular weight is 1070 g/mol. The lowest BCUT2D eigenvalue weighted by Crippen LogP contribution is -2.45. The number of rotatable bonds is 61. The molecule has 0 saturated carbocycles. The minimum absolute atomic E-state index is 0.0635. The number of phosphoric acid groups is 1. The van der Waals surface area contributed by atoms with E-state index in [4.69, 9.17) is 9.05 Å². The van der Waals surface area contributed by atoms with Crippen molar-refractivity contribution in [3.05, 3.63) is 24.3 Å². The summed E-state index contributed by atoms with van der Waals surface area (Å²) in [6.07, 6.45) is 73.0. The second-order valence-corrected chi connectivity index (χ2v) is 25.3. The fourth-order valence-electron chi connectivity index (χ4n) is 10.0. The second kappa shape index (κ2) is 56.7. The summed E-state index contributed by atoms with van der Waals surface area (Å²) >= 11 is 0. The van der Waals surface area contributed by atoms with Crippen LogP contribution in [0, 0.1) is 0 Å². The van der Waals surface area contributed by atoms with Crippen LogP contribution in [-0.4, -0.2) is 73.4 Å². The highest BCUT2D eigenvalue weighted by Gasteiger charge is 2.28. The zero-order chi connectivity index (χ0) is 54.2. The molecule has 0 aliphatic rings. The van der Waals surface area contributed by atoms with Crippen LogP contribution in [0.2, 0.25) is 0 Å². The first-order valence-electron chi connectivity index (χ1n) is 32.7. The largest absolute Gasteiger partial charge is 0.472 e. The Bertz CT molecular complexity index is 1260. The number of aliphatic hydroxyl groups excluding tert-OH is 1. The number of unbranched alkanes of at least 4 members (excludes halogenated alkanes) is 46. The molecule has 0 aromatic rings. The Labute approximate surface area is 462 Å². The van der Waals surface area contributed by atoms with Crippen molar-refractivity contribution in [2.75, 3.05) is 40.9 Å². The van der Waals surface area contributed by atoms with Gasteiger partial charge < -0.3 is 19.8 Å². The van der Waals surface area contributed by atoms with Crippen molar-refractivity contribution in [2.45, 2.75) is 347 Å². The molecule has 0 spiro atoms. The summed E-state index contributed by atoms with van der Waals surface area (Å²) in [6.45, 7) is 4.87. The Hall–Kier alpha value is -1.02. The molecule has 0 fully saturated rings. The van der Waals surface area contributed by atoms with Crippen molar-refractivity contribution in [3.63, 3.8) is 0 Å². The van der Waals surface area contributed by atoms with Crippen molar-refractivity contribution >= 4 is 13.7 Å². The number of hydrogen-bond acceptors (Lipinski definition) is 5. The van der Waals surface area contributed by atoms with E-state index in [0.29, 0.717) is 17.4 Å². The fourth-order valence-corrected chi connectivity index (χ4v) is 10.8. The number of phosphoric ester groups is 1. The summed E-state index contributed by atoms with van der Waals surface area (Å²) in [5.74, 6) is -0.172. The van der Waals surface area contributed by atoms with Crippen LogP contribution in [0.4, 0.5) is 0 Å². The van der Waals surface area contributed by atoms with E-state index in [1.54, 1.807) is 6.08 Å². The van der Waals surface area contributed by atoms with Gasteiger partial charge in [0.05, 0.1) is 39.9 Å². The molecule has 3 N–H and O–H groups in total. The highest BCUT2D eigenvalue weighted by Crippen LogP contribution is 2.43. The molecule has 0 heterocycles. The summed E-state index contributed by atoms with van der Waals surface area (Å²) in [7, 11) is 1.59. The third kappa shape index (κ3) is 58.7. The molecule has 3 unspecified atom stereocenters. The first kappa shape index (κ1) is 73.0. The maximum absolute atomic E-state index is 13.0. The molecule has 8 nitrogen and oxygen atoms in total. The van der Waals surface area contributed by atoms with Gasteiger partial charge in [-0.15, -0.1) is 0 Å². The lowest BCUT2D eigenvalue weighted by molar-refractivity contribution is -0.870. The number of allylic oxidation sites excluding steroid dienone is 3. The van der Waals surface area contributed by atoms with Crippen molar-refractivity contribution in [2.24, 2.45) is 0 Å². The van der Waals surface area contributed by atoms with E-state index in [9.17, 15) is 19.4 Å². The van der Waals surface area contributed by atoms with Crippen LogP contribution in [-0.2, 0) is 18.4 Å². The quantitative estimate of drug-likeness (QED) is 0.0243. The molecular weight excluding hydrogens is 936 g/mol. The Morgan fingerprint density at radius 2 is 0.730 bits per heavy atom. The van der Waals surface area contributed by atoms with Crippen molar-refractivity contribution < 1.29 is 32.9 Å². The zero-order valence-corrected chi connectivity index (χ0v) is 51.3. The molecule has 3 atom stereocenters. The van der Waals surface area contributed by atoms with Gasteiger partial charge in [0.1, 0.15) is 13.2 Å². The molecule has 0 aromatic heterocycles. The SMILES string of the molecule is CCCCCCCCCCCCCC/C=C\CCCCCCCCCCCCCC(=O)NC(COP(=O)(O)OCC[N+](C)(C)C)C(O)/C=C/CCCCCCCCCCCCCCCCCCCCCCCCC. The van der Waals surface area contributed by atoms with Gasteiger partial charge in [-0.05, 0) is 44.9 Å². The molecular formula is C65H130N2O6P+. The van der Waals surface area contributed by atoms with Gasteiger partial charge >= 0.3 is 7.82 Å². The summed E-state index contributed by atoms with van der Waals surface area (Å²) in [4.78, 5) is 23.4. The molecule has 0 saturated heterocycles. The molecule has 0 rings (SSSR count). The first-order chi connectivity index (χ1) is 36.0. The predicted molar refractivity (Wildman–Crippen MR) is 323 cm³/mol. The summed E-state index contributed by atoms with van der Waals surface area (Å²) in [5, 5.41) is 14.0. The van der Waals surface area contributed by atoms with E-state index >= 15 is 0 Å². The van der Waals surface area contributed by atoms with Gasteiger partial charge in [0.15, 0.2) is 0 Å². The van der Waals surface area contributed by atoms with Gasteiger partial charge in [0.25, 0.3) is 0 Å². The minimum Gasteiger partial charge on any atom is -0.387 e. The van der Waals surface area contributed by atoms with Crippen LogP contribution in [0.5, 0.6) is 0 Å². The highest BCUT2D eigenvalue weighted by molar-refractivity contribution is 7.47. The van der Waals surface area contributed by atoms with Crippen LogP contribution in [0.3, 0.4) is 0 Å². The first-order valence-corrected chi connectivity index (χ1v) is 34.2. The number of nitrogens with zero attached hydrogens (tertiary/aromatic N) is 1. The number of likely N-dealkylation sites (N-methyl/N-ethyl adjacent to an activating group) is 1. The van der Waals surface area contributed by atoms with Crippen LogP contribution < -0.4 is 5.32 Å². The van der Waals surface area contributed by atoms with E-state index in [1.165, 1.54) is 283 Å². The lowest BCUT2D eigenvalue weighted by atomic mass is 10.0. The van der Waals surface area contributed by atoms with E-state index in [0.717, 1.165) is 32.1 Å². The third-order valence-electron chi connectivity index (χ3n) is 15.2. The maximum atomic E-state index is 13.0. The van der Waals surface area contributed by atoms with Gasteiger partial charge in [0, 0.05) is 6.42 Å². The number of hydrogen-bond donors (Lipinski definition) is 3. The monoisotopic (exact) mass is 1070 g/mol. The number of quaternary nitrogens is 1. The molecule has 1 amide bonds. The zero-order valence-electron chi connectivity index (χ0n) is 50.4. The van der Waals surface area contributed by atoms with Crippen molar-refractivity contribution in [1.82, 2.24) is 5.32 Å². The molecule has 74 heavy (non-hydrogen) atoms. The fraction of sp³-hybridized carbons (Fsp3) is 0.923. The van der Waals surface area contributed by atoms with Crippen molar-refractivity contribution in [1.29, 1.82) is 0 Å². The van der Waals surface area contributed by atoms with Gasteiger partial charge in [-0.1, -0.05) is 308 Å². The Morgan fingerprint density at radius 3 is 1.04 bits per heavy atom. The summed E-state index contributed by atoms with van der Waals surface area (Å²) < 4.78 is 23.8. The standard InChI is InChI=1S/C65H129N2O6P/c1-6-8-10-12-14-16-18-20-22-24-26-28-30-32-33-35-37-39-41-43-45-47-49-51-53-55-57-59-65(69)66-63(62-73-74(70,71)72-61-60-67(3,4)5)64(68)58-56-54-52-50-48-46-44-42-40-38-36-34-31-29-27-25-23-21-19-17-15-13-11-9-7-2/h32-33,56,58,63-64,68H,6-31,34-55,57,59-62H2,1-5H3,(H-,66,69,70,71)/p+1/b33-32-,58-56+. The smallest absolute Gasteiger partial charge is 0.387 e. The molecule has 0 bridgehead atoms.